The molecule has 5 aromatic rings. The first kappa shape index (κ1) is 30.9. The number of rotatable bonds is 13. The molecule has 0 saturated heterocycles. The quantitative estimate of drug-likeness (QED) is 0.131. The summed E-state index contributed by atoms with van der Waals surface area (Å²) in [6.07, 6.45) is 1.85. The maximum Gasteiger partial charge on any atom is 0.152 e. The zero-order chi connectivity index (χ0) is 30.4. The highest BCUT2D eigenvalue weighted by Gasteiger charge is 2.15. The first-order valence-corrected chi connectivity index (χ1v) is 16.8. The molecule has 13 heteroatoms. The van der Waals surface area contributed by atoms with Crippen molar-refractivity contribution in [3.05, 3.63) is 93.0 Å². The molecule has 0 spiro atoms. The molecule has 2 aromatic heterocycles. The molecule has 3 aromatic carbocycles. The fourth-order valence-corrected chi connectivity index (χ4v) is 6.07. The number of hydrogen-bond acceptors (Lipinski definition) is 9. The molecule has 0 amide bonds. The lowest BCUT2D eigenvalue weighted by atomic mass is 10.1. The van der Waals surface area contributed by atoms with Crippen LogP contribution in [0.2, 0.25) is 0 Å². The largest absolute Gasteiger partial charge is 0.488 e. The van der Waals surface area contributed by atoms with Crippen LogP contribution in [-0.4, -0.2) is 48.1 Å². The van der Waals surface area contributed by atoms with Gasteiger partial charge in [0, 0.05) is 40.3 Å². The highest BCUT2D eigenvalue weighted by molar-refractivity contribution is 9.10. The van der Waals surface area contributed by atoms with Gasteiger partial charge in [-0.15, -0.1) is 11.3 Å². The number of aromatic nitrogens is 3. The SMILES string of the molecule is CCS(=O)(=O)CCOCCc1nc(-c2cc3c(Nc4ccc(OCc5cccc(F)c5)c(Br)c4)ncnc3cc2F)cs1. The van der Waals surface area contributed by atoms with Crippen molar-refractivity contribution in [2.45, 2.75) is 20.0 Å². The first-order valence-electron chi connectivity index (χ1n) is 13.3. The Bertz CT molecular complexity index is 1850. The van der Waals surface area contributed by atoms with Gasteiger partial charge in [0.2, 0.25) is 0 Å². The summed E-state index contributed by atoms with van der Waals surface area (Å²) in [5, 5.41) is 6.40. The van der Waals surface area contributed by atoms with E-state index < -0.39 is 15.7 Å². The van der Waals surface area contributed by atoms with Gasteiger partial charge in [-0.1, -0.05) is 19.1 Å². The number of thiazole rings is 1. The first-order chi connectivity index (χ1) is 20.7. The van der Waals surface area contributed by atoms with Gasteiger partial charge < -0.3 is 14.8 Å². The molecule has 0 atom stereocenters. The van der Waals surface area contributed by atoms with E-state index in [4.69, 9.17) is 9.47 Å². The standard InChI is InChI=1S/C30H27BrF2N4O4S2/c1-2-43(38,39)11-10-40-9-8-29-37-27(17-42-29)22-14-23-26(15-25(22)33)34-18-35-30(23)36-21-6-7-28(24(31)13-21)41-16-19-4-3-5-20(32)12-19/h3-7,12-15,17-18H,2,8-11,16H2,1H3,(H,34,35,36). The lowest BCUT2D eigenvalue weighted by Crippen LogP contribution is -2.14. The summed E-state index contributed by atoms with van der Waals surface area (Å²) in [5.74, 6) is 0.361. The third-order valence-electron chi connectivity index (χ3n) is 6.47. The van der Waals surface area contributed by atoms with E-state index in [1.807, 2.05) is 12.1 Å². The van der Waals surface area contributed by atoms with Crippen LogP contribution in [0.5, 0.6) is 5.75 Å². The van der Waals surface area contributed by atoms with Crippen molar-refractivity contribution >= 4 is 59.5 Å². The predicted octanol–water partition coefficient (Wildman–Crippen LogP) is 7.11. The molecular weight excluding hydrogens is 662 g/mol. The van der Waals surface area contributed by atoms with E-state index in [-0.39, 0.29) is 30.5 Å². The average Bonchev–Trinajstić information content (AvgIpc) is 3.45. The van der Waals surface area contributed by atoms with Crippen molar-refractivity contribution in [2.75, 3.05) is 30.0 Å². The number of benzene rings is 3. The van der Waals surface area contributed by atoms with Crippen LogP contribution in [0, 0.1) is 11.6 Å². The molecule has 224 valence electrons. The Kier molecular flexibility index (Phi) is 9.96. The number of anilines is 2. The van der Waals surface area contributed by atoms with E-state index in [9.17, 15) is 12.8 Å². The molecule has 0 aliphatic carbocycles. The molecule has 0 aliphatic heterocycles. The van der Waals surface area contributed by atoms with E-state index in [1.165, 1.54) is 35.9 Å². The summed E-state index contributed by atoms with van der Waals surface area (Å²) in [6, 6.07) is 14.7. The molecular formula is C30H27BrF2N4O4S2. The van der Waals surface area contributed by atoms with Crippen molar-refractivity contribution in [2.24, 2.45) is 0 Å². The van der Waals surface area contributed by atoms with Gasteiger partial charge in [-0.25, -0.2) is 32.2 Å². The van der Waals surface area contributed by atoms with Gasteiger partial charge in [0.25, 0.3) is 0 Å². The van der Waals surface area contributed by atoms with E-state index in [0.717, 1.165) is 5.01 Å². The molecule has 0 saturated carbocycles. The van der Waals surface area contributed by atoms with Crippen molar-refractivity contribution in [3.8, 4) is 17.0 Å². The number of halogens is 3. The molecule has 0 unspecified atom stereocenters. The van der Waals surface area contributed by atoms with Crippen LogP contribution >= 0.6 is 27.3 Å². The van der Waals surface area contributed by atoms with Crippen molar-refractivity contribution < 1.29 is 26.7 Å². The Morgan fingerprint density at radius 1 is 1.05 bits per heavy atom. The Balaban J connectivity index is 1.28. The van der Waals surface area contributed by atoms with Crippen LogP contribution in [0.4, 0.5) is 20.3 Å². The smallest absolute Gasteiger partial charge is 0.152 e. The predicted molar refractivity (Wildman–Crippen MR) is 168 cm³/mol. The summed E-state index contributed by atoms with van der Waals surface area (Å²) < 4.78 is 63.8. The fourth-order valence-electron chi connectivity index (χ4n) is 4.13. The molecule has 0 bridgehead atoms. The molecule has 43 heavy (non-hydrogen) atoms. The van der Waals surface area contributed by atoms with Gasteiger partial charge in [0.15, 0.2) is 9.84 Å². The van der Waals surface area contributed by atoms with E-state index in [0.29, 0.717) is 62.5 Å². The van der Waals surface area contributed by atoms with Crippen molar-refractivity contribution in [1.82, 2.24) is 15.0 Å². The normalized spacial score (nSPS) is 11.6. The maximum atomic E-state index is 15.1. The lowest BCUT2D eigenvalue weighted by molar-refractivity contribution is 0.152. The Hall–Kier alpha value is -3.52. The number of ether oxygens (including phenoxy) is 2. The Morgan fingerprint density at radius 3 is 2.70 bits per heavy atom. The number of sulfone groups is 1. The topological polar surface area (TPSA) is 103 Å². The summed E-state index contributed by atoms with van der Waals surface area (Å²) in [4.78, 5) is 13.2. The number of nitrogens with one attached hydrogen (secondary N) is 1. The molecule has 0 fully saturated rings. The Labute approximate surface area is 260 Å². The third-order valence-corrected chi connectivity index (χ3v) is 9.67. The highest BCUT2D eigenvalue weighted by atomic mass is 79.9. The minimum atomic E-state index is -3.07. The number of hydrogen-bond donors (Lipinski definition) is 1. The number of nitrogens with zero attached hydrogens (tertiary/aromatic N) is 3. The zero-order valence-corrected chi connectivity index (χ0v) is 26.2. The van der Waals surface area contributed by atoms with Crippen LogP contribution in [0.25, 0.3) is 22.2 Å². The molecule has 2 heterocycles. The van der Waals surface area contributed by atoms with Crippen LogP contribution in [-0.2, 0) is 27.6 Å². The van der Waals surface area contributed by atoms with Crippen LogP contribution in [0.3, 0.4) is 0 Å². The van der Waals surface area contributed by atoms with E-state index >= 15 is 4.39 Å². The molecule has 0 aliphatic rings. The minimum Gasteiger partial charge on any atom is -0.488 e. The second kappa shape index (κ2) is 13.8. The molecule has 5 rings (SSSR count). The summed E-state index contributed by atoms with van der Waals surface area (Å²) in [5.41, 5.74) is 2.64. The van der Waals surface area contributed by atoms with Crippen LogP contribution in [0.15, 0.2) is 70.8 Å². The van der Waals surface area contributed by atoms with Gasteiger partial charge in [0.1, 0.15) is 36.1 Å². The molecule has 8 nitrogen and oxygen atoms in total. The second-order valence-corrected chi connectivity index (χ2v) is 13.8. The minimum absolute atomic E-state index is 0.0151. The van der Waals surface area contributed by atoms with Gasteiger partial charge >= 0.3 is 0 Å². The maximum absolute atomic E-state index is 15.1. The van der Waals surface area contributed by atoms with E-state index in [2.05, 4.69) is 36.2 Å². The Morgan fingerprint density at radius 2 is 1.91 bits per heavy atom. The fraction of sp³-hybridized carbons (Fsp3) is 0.233. The van der Waals surface area contributed by atoms with E-state index in [1.54, 1.807) is 36.6 Å². The summed E-state index contributed by atoms with van der Waals surface area (Å²) >= 11 is 4.91. The molecule has 0 radical (unpaired) electrons. The van der Waals surface area contributed by atoms with Crippen molar-refractivity contribution in [3.63, 3.8) is 0 Å². The van der Waals surface area contributed by atoms with Crippen molar-refractivity contribution in [1.29, 1.82) is 0 Å². The monoisotopic (exact) mass is 688 g/mol. The highest BCUT2D eigenvalue weighted by Crippen LogP contribution is 2.34. The number of fused-ring (bicyclic) bond motifs is 1. The summed E-state index contributed by atoms with van der Waals surface area (Å²) in [6.45, 7) is 2.26. The molecule has 1 N–H and O–H groups in total. The van der Waals surface area contributed by atoms with Gasteiger partial charge in [-0.05, 0) is 57.9 Å². The van der Waals surface area contributed by atoms with Gasteiger partial charge in [0.05, 0.1) is 39.7 Å². The zero-order valence-electron chi connectivity index (χ0n) is 23.0. The summed E-state index contributed by atoms with van der Waals surface area (Å²) in [7, 11) is -3.07. The van der Waals surface area contributed by atoms with Gasteiger partial charge in [-0.2, -0.15) is 0 Å². The van der Waals surface area contributed by atoms with Crippen LogP contribution < -0.4 is 10.1 Å². The van der Waals surface area contributed by atoms with Gasteiger partial charge in [-0.3, -0.25) is 0 Å². The third kappa shape index (κ3) is 8.11. The lowest BCUT2D eigenvalue weighted by Gasteiger charge is -2.13. The second-order valence-electron chi connectivity index (χ2n) is 9.49. The average molecular weight is 690 g/mol. The van der Waals surface area contributed by atoms with Crippen LogP contribution in [0.1, 0.15) is 17.5 Å².